The van der Waals surface area contributed by atoms with Crippen molar-refractivity contribution >= 4 is 11.6 Å². The second kappa shape index (κ2) is 5.99. The lowest BCUT2D eigenvalue weighted by Gasteiger charge is -2.12. The lowest BCUT2D eigenvalue weighted by molar-refractivity contribution is 0.163. The van der Waals surface area contributed by atoms with Crippen molar-refractivity contribution in [2.45, 2.75) is 32.3 Å². The maximum Gasteiger partial charge on any atom is 0.122 e. The summed E-state index contributed by atoms with van der Waals surface area (Å²) in [5.74, 6) is 0.787. The molecule has 0 saturated heterocycles. The summed E-state index contributed by atoms with van der Waals surface area (Å²) in [7, 11) is 1.62. The molecule has 1 aromatic carbocycles. The van der Waals surface area contributed by atoms with Gasteiger partial charge in [-0.05, 0) is 30.2 Å². The number of halogens is 1. The van der Waals surface area contributed by atoms with Crippen molar-refractivity contribution in [3.8, 4) is 5.75 Å². The topological polar surface area (TPSA) is 29.5 Å². The predicted octanol–water partition coefficient (Wildman–Crippen LogP) is 3.05. The van der Waals surface area contributed by atoms with Crippen molar-refractivity contribution in [1.82, 2.24) is 0 Å². The van der Waals surface area contributed by atoms with Gasteiger partial charge in [0.25, 0.3) is 0 Å². The van der Waals surface area contributed by atoms with Crippen molar-refractivity contribution < 1.29 is 9.84 Å². The second-order valence-corrected chi connectivity index (χ2v) is 4.04. The molecule has 3 heteroatoms. The molecule has 2 nitrogen and oxygen atoms in total. The average Bonchev–Trinajstić information content (AvgIpc) is 2.18. The minimum absolute atomic E-state index is 0.317. The van der Waals surface area contributed by atoms with Gasteiger partial charge in [0, 0.05) is 11.4 Å². The zero-order valence-corrected chi connectivity index (χ0v) is 9.92. The molecule has 1 unspecified atom stereocenters. The Hall–Kier alpha value is -0.730. The van der Waals surface area contributed by atoms with Gasteiger partial charge >= 0.3 is 0 Å². The molecule has 0 radical (unpaired) electrons. The Labute approximate surface area is 95.8 Å². The molecule has 0 spiro atoms. The van der Waals surface area contributed by atoms with Crippen molar-refractivity contribution in [3.05, 3.63) is 28.8 Å². The van der Waals surface area contributed by atoms with E-state index in [0.29, 0.717) is 11.4 Å². The van der Waals surface area contributed by atoms with Gasteiger partial charge in [0.1, 0.15) is 5.75 Å². The molecule has 1 N–H and O–H groups in total. The first-order chi connectivity index (χ1) is 7.17. The molecular formula is C12H17ClO2. The molecule has 0 aliphatic rings. The van der Waals surface area contributed by atoms with Crippen LogP contribution in [0, 0.1) is 0 Å². The molecule has 1 atom stereocenters. The molecule has 0 aliphatic carbocycles. The van der Waals surface area contributed by atoms with Crippen LogP contribution in [-0.4, -0.2) is 18.3 Å². The first kappa shape index (κ1) is 12.3. The van der Waals surface area contributed by atoms with Gasteiger partial charge in [-0.1, -0.05) is 24.9 Å². The Morgan fingerprint density at radius 2 is 2.20 bits per heavy atom. The van der Waals surface area contributed by atoms with Crippen LogP contribution in [0.25, 0.3) is 0 Å². The van der Waals surface area contributed by atoms with Gasteiger partial charge in [0.05, 0.1) is 13.2 Å². The van der Waals surface area contributed by atoms with E-state index in [2.05, 4.69) is 6.92 Å². The summed E-state index contributed by atoms with van der Waals surface area (Å²) in [6.07, 6.45) is 2.06. The fraction of sp³-hybridized carbons (Fsp3) is 0.500. The van der Waals surface area contributed by atoms with Gasteiger partial charge in [-0.2, -0.15) is 0 Å². The largest absolute Gasteiger partial charge is 0.496 e. The highest BCUT2D eigenvalue weighted by Gasteiger charge is 2.09. The number of benzene rings is 1. The fourth-order valence-electron chi connectivity index (χ4n) is 1.60. The van der Waals surface area contributed by atoms with Crippen molar-refractivity contribution in [1.29, 1.82) is 0 Å². The highest BCUT2D eigenvalue weighted by Crippen LogP contribution is 2.24. The Kier molecular flexibility index (Phi) is 4.92. The minimum atomic E-state index is -0.317. The van der Waals surface area contributed by atoms with Crippen LogP contribution >= 0.6 is 11.6 Å². The molecular weight excluding hydrogens is 212 g/mol. The third kappa shape index (κ3) is 3.73. The lowest BCUT2D eigenvalue weighted by atomic mass is 10.0. The highest BCUT2D eigenvalue weighted by atomic mass is 35.5. The van der Waals surface area contributed by atoms with Gasteiger partial charge in [0.15, 0.2) is 0 Å². The summed E-state index contributed by atoms with van der Waals surface area (Å²) in [5.41, 5.74) is 0.964. The number of rotatable bonds is 5. The quantitative estimate of drug-likeness (QED) is 0.840. The number of methoxy groups -OCH3 is 1. The zero-order valence-electron chi connectivity index (χ0n) is 9.16. The van der Waals surface area contributed by atoms with E-state index in [9.17, 15) is 5.11 Å². The molecule has 1 aromatic rings. The second-order valence-electron chi connectivity index (χ2n) is 3.60. The molecule has 84 valence electrons. The third-order valence-corrected chi connectivity index (χ3v) is 2.55. The summed E-state index contributed by atoms with van der Waals surface area (Å²) >= 11 is 5.90. The summed E-state index contributed by atoms with van der Waals surface area (Å²) in [5, 5.41) is 10.4. The van der Waals surface area contributed by atoms with Crippen LogP contribution in [0.1, 0.15) is 25.3 Å². The van der Waals surface area contributed by atoms with Gasteiger partial charge in [-0.15, -0.1) is 0 Å². The summed E-state index contributed by atoms with van der Waals surface area (Å²) < 4.78 is 5.21. The van der Waals surface area contributed by atoms with E-state index in [4.69, 9.17) is 16.3 Å². The van der Waals surface area contributed by atoms with Crippen LogP contribution in [0.15, 0.2) is 18.2 Å². The summed E-state index contributed by atoms with van der Waals surface area (Å²) in [6.45, 7) is 2.05. The third-order valence-electron chi connectivity index (χ3n) is 2.32. The molecule has 0 bridgehead atoms. The Morgan fingerprint density at radius 3 is 2.80 bits per heavy atom. The fourth-order valence-corrected chi connectivity index (χ4v) is 1.79. The molecule has 1 rings (SSSR count). The monoisotopic (exact) mass is 228 g/mol. The predicted molar refractivity (Wildman–Crippen MR) is 62.6 cm³/mol. The summed E-state index contributed by atoms with van der Waals surface area (Å²) in [6, 6.07) is 5.46. The van der Waals surface area contributed by atoms with Crippen LogP contribution in [0.5, 0.6) is 5.75 Å². The first-order valence-corrected chi connectivity index (χ1v) is 5.55. The van der Waals surface area contributed by atoms with E-state index in [-0.39, 0.29) is 6.10 Å². The minimum Gasteiger partial charge on any atom is -0.496 e. The van der Waals surface area contributed by atoms with E-state index in [1.54, 1.807) is 13.2 Å². The molecule has 0 saturated carbocycles. The van der Waals surface area contributed by atoms with E-state index >= 15 is 0 Å². The van der Waals surface area contributed by atoms with Crippen molar-refractivity contribution in [3.63, 3.8) is 0 Å². The highest BCUT2D eigenvalue weighted by molar-refractivity contribution is 6.30. The maximum absolute atomic E-state index is 9.71. The van der Waals surface area contributed by atoms with Crippen LogP contribution < -0.4 is 4.74 Å². The Bertz CT molecular complexity index is 312. The first-order valence-electron chi connectivity index (χ1n) is 5.17. The SMILES string of the molecule is CCCC(O)Cc1cc(Cl)ccc1OC. The van der Waals surface area contributed by atoms with Gasteiger partial charge in [0.2, 0.25) is 0 Å². The standard InChI is InChI=1S/C12H17ClO2/c1-3-4-11(14)8-9-7-10(13)5-6-12(9)15-2/h5-7,11,14H,3-4,8H2,1-2H3. The number of hydrogen-bond acceptors (Lipinski definition) is 2. The molecule has 0 aliphatic heterocycles. The molecule has 0 heterocycles. The van der Waals surface area contributed by atoms with Crippen LogP contribution in [-0.2, 0) is 6.42 Å². The van der Waals surface area contributed by atoms with Crippen molar-refractivity contribution in [2.24, 2.45) is 0 Å². The normalized spacial score (nSPS) is 12.5. The zero-order chi connectivity index (χ0) is 11.3. The van der Waals surface area contributed by atoms with Crippen LogP contribution in [0.2, 0.25) is 5.02 Å². The molecule has 15 heavy (non-hydrogen) atoms. The summed E-state index contributed by atoms with van der Waals surface area (Å²) in [4.78, 5) is 0. The Morgan fingerprint density at radius 1 is 1.47 bits per heavy atom. The molecule has 0 fully saturated rings. The number of aliphatic hydroxyl groups excluding tert-OH is 1. The van der Waals surface area contributed by atoms with E-state index in [1.807, 2.05) is 12.1 Å². The van der Waals surface area contributed by atoms with E-state index in [0.717, 1.165) is 24.2 Å². The Balaban J connectivity index is 2.77. The lowest BCUT2D eigenvalue weighted by Crippen LogP contribution is -2.10. The van der Waals surface area contributed by atoms with E-state index < -0.39 is 0 Å². The number of aliphatic hydroxyl groups is 1. The van der Waals surface area contributed by atoms with E-state index in [1.165, 1.54) is 0 Å². The van der Waals surface area contributed by atoms with Crippen molar-refractivity contribution in [2.75, 3.05) is 7.11 Å². The van der Waals surface area contributed by atoms with Gasteiger partial charge in [-0.25, -0.2) is 0 Å². The van der Waals surface area contributed by atoms with Crippen LogP contribution in [0.3, 0.4) is 0 Å². The smallest absolute Gasteiger partial charge is 0.122 e. The number of hydrogen-bond donors (Lipinski definition) is 1. The van der Waals surface area contributed by atoms with Gasteiger partial charge in [-0.3, -0.25) is 0 Å². The average molecular weight is 229 g/mol. The maximum atomic E-state index is 9.71. The number of ether oxygens (including phenoxy) is 1. The molecule has 0 amide bonds. The van der Waals surface area contributed by atoms with Crippen LogP contribution in [0.4, 0.5) is 0 Å². The molecule has 0 aromatic heterocycles. The van der Waals surface area contributed by atoms with Gasteiger partial charge < -0.3 is 9.84 Å².